The van der Waals surface area contributed by atoms with Gasteiger partial charge in [-0.25, -0.2) is 9.50 Å². The third-order valence-corrected chi connectivity index (χ3v) is 9.53. The number of aliphatic hydroxyl groups excluding tert-OH is 1. The number of hydrogen-bond donors (Lipinski definition) is 3. The van der Waals surface area contributed by atoms with Gasteiger partial charge in [-0.1, -0.05) is 65.7 Å². The first-order chi connectivity index (χ1) is 23.5. The monoisotopic (exact) mass is 703 g/mol. The van der Waals surface area contributed by atoms with E-state index in [-0.39, 0.29) is 17.5 Å². The van der Waals surface area contributed by atoms with E-state index in [0.717, 1.165) is 39.8 Å². The minimum Gasteiger partial charge on any atom is -0.481 e. The number of methoxy groups -OCH3 is 1. The van der Waals surface area contributed by atoms with Crippen molar-refractivity contribution in [2.75, 3.05) is 27.2 Å². The van der Waals surface area contributed by atoms with Gasteiger partial charge in [-0.3, -0.25) is 19.1 Å². The minimum absolute atomic E-state index is 0.0914. The van der Waals surface area contributed by atoms with E-state index in [4.69, 9.17) is 38.0 Å². The van der Waals surface area contributed by atoms with E-state index >= 15 is 0 Å². The molecular formula is C36H39Cl2N7O4. The summed E-state index contributed by atoms with van der Waals surface area (Å²) in [6.45, 7) is 3.77. The SMILES string of the molecule is COc1nc(-c2cccc(-c3cccc(-c4cc5c(=O)n(C)c(CN(C)C[C@H](C)O)nn5c4)c3Cl)c2Cl)ccc1CNC[C@H]1CCC(=O)N1. The number of benzene rings is 2. The zero-order valence-electron chi connectivity index (χ0n) is 27.8. The number of aromatic nitrogens is 4. The number of carbonyl (C=O) groups is 1. The number of hydrogen-bond acceptors (Lipinski definition) is 8. The fourth-order valence-electron chi connectivity index (χ4n) is 6.26. The molecule has 0 bridgehead atoms. The summed E-state index contributed by atoms with van der Waals surface area (Å²) < 4.78 is 8.76. The third-order valence-electron chi connectivity index (χ3n) is 8.72. The second kappa shape index (κ2) is 14.7. The quantitative estimate of drug-likeness (QED) is 0.167. The normalized spacial score (nSPS) is 15.3. The van der Waals surface area contributed by atoms with E-state index < -0.39 is 6.10 Å². The number of halogens is 2. The van der Waals surface area contributed by atoms with Gasteiger partial charge in [-0.05, 0) is 32.5 Å². The molecule has 4 heterocycles. The number of pyridine rings is 1. The number of nitrogens with one attached hydrogen (secondary N) is 2. The molecule has 5 aromatic rings. The Bertz CT molecular complexity index is 2080. The Labute approximate surface area is 294 Å². The molecule has 11 nitrogen and oxygen atoms in total. The molecule has 2 atom stereocenters. The predicted molar refractivity (Wildman–Crippen MR) is 192 cm³/mol. The van der Waals surface area contributed by atoms with Crippen molar-refractivity contribution in [3.8, 4) is 39.4 Å². The molecule has 0 spiro atoms. The lowest BCUT2D eigenvalue weighted by Crippen LogP contribution is -2.35. The van der Waals surface area contributed by atoms with Crippen LogP contribution >= 0.6 is 23.2 Å². The first-order valence-electron chi connectivity index (χ1n) is 16.1. The maximum atomic E-state index is 13.3. The third kappa shape index (κ3) is 7.36. The number of rotatable bonds is 12. The molecule has 0 aliphatic carbocycles. The highest BCUT2D eigenvalue weighted by Crippen LogP contribution is 2.42. The van der Waals surface area contributed by atoms with Crippen LogP contribution in [0.4, 0.5) is 0 Å². The number of carbonyl (C=O) groups excluding carboxylic acids is 1. The van der Waals surface area contributed by atoms with E-state index in [0.29, 0.717) is 65.6 Å². The highest BCUT2D eigenvalue weighted by molar-refractivity contribution is 6.39. The average molecular weight is 705 g/mol. The molecule has 0 saturated carbocycles. The molecule has 1 aliphatic heterocycles. The highest BCUT2D eigenvalue weighted by Gasteiger charge is 2.21. The highest BCUT2D eigenvalue weighted by atomic mass is 35.5. The van der Waals surface area contributed by atoms with Crippen LogP contribution < -0.4 is 20.9 Å². The Morgan fingerprint density at radius 2 is 1.78 bits per heavy atom. The molecule has 0 radical (unpaired) electrons. The van der Waals surface area contributed by atoms with Crippen LogP contribution in [0.3, 0.4) is 0 Å². The van der Waals surface area contributed by atoms with Crippen molar-refractivity contribution in [3.63, 3.8) is 0 Å². The van der Waals surface area contributed by atoms with Crippen molar-refractivity contribution in [3.05, 3.63) is 92.6 Å². The van der Waals surface area contributed by atoms with Crippen LogP contribution in [0.5, 0.6) is 5.88 Å². The summed E-state index contributed by atoms with van der Waals surface area (Å²) in [7, 11) is 5.16. The van der Waals surface area contributed by atoms with E-state index in [1.807, 2.05) is 60.5 Å². The van der Waals surface area contributed by atoms with Crippen molar-refractivity contribution < 1.29 is 14.6 Å². The summed E-state index contributed by atoms with van der Waals surface area (Å²) in [5, 5.41) is 21.8. The van der Waals surface area contributed by atoms with Crippen molar-refractivity contribution in [2.45, 2.75) is 45.0 Å². The predicted octanol–water partition coefficient (Wildman–Crippen LogP) is 4.93. The van der Waals surface area contributed by atoms with Gasteiger partial charge in [0.25, 0.3) is 5.56 Å². The zero-order valence-corrected chi connectivity index (χ0v) is 29.3. The molecule has 2 aromatic carbocycles. The van der Waals surface area contributed by atoms with Crippen LogP contribution in [-0.4, -0.2) is 74.5 Å². The number of fused-ring (bicyclic) bond motifs is 1. The number of aliphatic hydroxyl groups is 1. The molecule has 13 heteroatoms. The van der Waals surface area contributed by atoms with Crippen molar-refractivity contribution >= 4 is 34.6 Å². The summed E-state index contributed by atoms with van der Waals surface area (Å²) >= 11 is 14.2. The lowest BCUT2D eigenvalue weighted by molar-refractivity contribution is -0.119. The lowest BCUT2D eigenvalue weighted by Gasteiger charge is -2.19. The van der Waals surface area contributed by atoms with E-state index in [9.17, 15) is 14.7 Å². The van der Waals surface area contributed by atoms with Gasteiger partial charge in [0.1, 0.15) is 11.3 Å². The summed E-state index contributed by atoms with van der Waals surface area (Å²) in [5.74, 6) is 1.15. The smallest absolute Gasteiger partial charge is 0.277 e. The lowest BCUT2D eigenvalue weighted by atomic mass is 9.97. The van der Waals surface area contributed by atoms with E-state index in [1.165, 1.54) is 4.57 Å². The molecular weight excluding hydrogens is 665 g/mol. The number of likely N-dealkylation sites (N-methyl/N-ethyl adjacent to an activating group) is 1. The van der Waals surface area contributed by atoms with Crippen LogP contribution in [0.2, 0.25) is 10.0 Å². The second-order valence-electron chi connectivity index (χ2n) is 12.5. The first-order valence-corrected chi connectivity index (χ1v) is 16.9. The molecule has 49 heavy (non-hydrogen) atoms. The molecule has 1 amide bonds. The largest absolute Gasteiger partial charge is 0.481 e. The molecule has 0 unspecified atom stereocenters. The summed E-state index contributed by atoms with van der Waals surface area (Å²) in [5.41, 5.74) is 5.44. The minimum atomic E-state index is -0.501. The van der Waals surface area contributed by atoms with Crippen LogP contribution in [0, 0.1) is 0 Å². The topological polar surface area (TPSA) is 126 Å². The van der Waals surface area contributed by atoms with Gasteiger partial charge in [-0.2, -0.15) is 5.10 Å². The van der Waals surface area contributed by atoms with Crippen molar-refractivity contribution in [1.82, 2.24) is 34.7 Å². The van der Waals surface area contributed by atoms with Crippen LogP contribution in [0.1, 0.15) is 31.2 Å². The average Bonchev–Trinajstić information content (AvgIpc) is 3.69. The number of nitrogens with zero attached hydrogens (tertiary/aromatic N) is 5. The van der Waals surface area contributed by atoms with Crippen LogP contribution in [0.25, 0.3) is 39.0 Å². The molecule has 1 fully saturated rings. The van der Waals surface area contributed by atoms with Gasteiger partial charge in [0.15, 0.2) is 0 Å². The molecule has 3 aromatic heterocycles. The second-order valence-corrected chi connectivity index (χ2v) is 13.3. The fraction of sp³-hybridized carbons (Fsp3) is 0.333. The zero-order chi connectivity index (χ0) is 34.8. The van der Waals surface area contributed by atoms with Gasteiger partial charge >= 0.3 is 0 Å². The molecule has 1 saturated heterocycles. The van der Waals surface area contributed by atoms with Crippen LogP contribution in [0.15, 0.2) is 65.6 Å². The standard InChI is InChI=1S/C36H39Cl2N7O4/c1-21(46)18-43(2)20-31-42-45-19-23(15-30(45)36(48)44(31)3)25-7-5-8-26(33(25)37)27-9-6-10-28(34(27)38)29-13-11-22(35(41-29)49-4)16-39-17-24-12-14-32(47)40-24/h5-11,13,15,19,21,24,39,46H,12,14,16-18,20H2,1-4H3,(H,40,47)/t21-,24+/m0/s1. The maximum Gasteiger partial charge on any atom is 0.277 e. The molecule has 256 valence electrons. The maximum absolute atomic E-state index is 13.3. The molecule has 6 rings (SSSR count). The van der Waals surface area contributed by atoms with E-state index in [2.05, 4.69) is 10.6 Å². The van der Waals surface area contributed by atoms with Gasteiger partial charge in [0.2, 0.25) is 11.8 Å². The Morgan fingerprint density at radius 3 is 2.45 bits per heavy atom. The Kier molecular flexibility index (Phi) is 10.4. The Balaban J connectivity index is 1.28. The summed E-state index contributed by atoms with van der Waals surface area (Å²) in [6.07, 6.45) is 2.69. The van der Waals surface area contributed by atoms with Crippen molar-refractivity contribution in [2.24, 2.45) is 7.05 Å². The van der Waals surface area contributed by atoms with Crippen molar-refractivity contribution in [1.29, 1.82) is 0 Å². The number of amides is 1. The number of ether oxygens (including phenoxy) is 1. The van der Waals surface area contributed by atoms with E-state index in [1.54, 1.807) is 37.9 Å². The molecule has 1 aliphatic rings. The van der Waals surface area contributed by atoms with Gasteiger partial charge in [0, 0.05) is 78.7 Å². The summed E-state index contributed by atoms with van der Waals surface area (Å²) in [4.78, 5) is 31.5. The summed E-state index contributed by atoms with van der Waals surface area (Å²) in [6, 6.07) is 17.3. The Hall–Kier alpha value is -4.26. The molecule has 3 N–H and O–H groups in total. The van der Waals surface area contributed by atoms with Gasteiger partial charge < -0.3 is 20.5 Å². The fourth-order valence-corrected chi connectivity index (χ4v) is 6.92. The van der Waals surface area contributed by atoms with Gasteiger partial charge in [0.05, 0.1) is 35.5 Å². The first kappa shape index (κ1) is 34.6. The van der Waals surface area contributed by atoms with Gasteiger partial charge in [-0.15, -0.1) is 0 Å². The van der Waals surface area contributed by atoms with Crippen LogP contribution in [-0.2, 0) is 24.9 Å². The Morgan fingerprint density at radius 1 is 1.08 bits per heavy atom.